The van der Waals surface area contributed by atoms with E-state index in [0.717, 1.165) is 4.57 Å². The Morgan fingerprint density at radius 2 is 2.30 bits per heavy atom. The molecule has 0 bridgehead atoms. The average molecular weight is 345 g/mol. The first-order chi connectivity index (χ1) is 9.56. The lowest BCUT2D eigenvalue weighted by Crippen LogP contribution is -2.18. The minimum Gasteiger partial charge on any atom is -0.327 e. The first-order valence-electron chi connectivity index (χ1n) is 5.65. The number of hydrogen-bond acceptors (Lipinski definition) is 3. The molecule has 1 aromatic heterocycles. The van der Waals surface area contributed by atoms with E-state index in [-0.39, 0.29) is 18.7 Å². The maximum absolute atomic E-state index is 14.1. The number of nitrogens with zero attached hydrogens (tertiary/aromatic N) is 2. The van der Waals surface area contributed by atoms with Crippen LogP contribution in [0.2, 0.25) is 0 Å². The first kappa shape index (κ1) is 14.6. The molecule has 3 N–H and O–H groups in total. The van der Waals surface area contributed by atoms with E-state index in [2.05, 4.69) is 26.1 Å². The number of rotatable bonds is 4. The lowest BCUT2D eigenvalue weighted by molar-refractivity contribution is 0.612. The Balaban J connectivity index is 2.61. The third kappa shape index (κ3) is 2.86. The van der Waals surface area contributed by atoms with Crippen LogP contribution >= 0.6 is 15.9 Å². The van der Waals surface area contributed by atoms with Crippen LogP contribution in [0.1, 0.15) is 5.56 Å². The van der Waals surface area contributed by atoms with Crippen molar-refractivity contribution in [2.24, 2.45) is 5.73 Å². The van der Waals surface area contributed by atoms with E-state index in [1.54, 1.807) is 6.07 Å². The van der Waals surface area contributed by atoms with E-state index in [1.165, 1.54) is 12.4 Å². The standard InChI is InChI=1S/C12H11BrF2N4O/c13-9-2-8(1-7(4-14)5-16)11(10(15)3-9)19-6-17-18-12(19)20/h2-4,6H,1,5,16H2,(H,18,20)/b7-4+. The summed E-state index contributed by atoms with van der Waals surface area (Å²) in [5, 5.41) is 5.74. The summed E-state index contributed by atoms with van der Waals surface area (Å²) in [4.78, 5) is 11.6. The van der Waals surface area contributed by atoms with Crippen molar-refractivity contribution >= 4 is 15.9 Å². The minimum absolute atomic E-state index is 0.00432. The van der Waals surface area contributed by atoms with Crippen molar-refractivity contribution in [1.82, 2.24) is 14.8 Å². The monoisotopic (exact) mass is 344 g/mol. The molecule has 0 aliphatic rings. The van der Waals surface area contributed by atoms with Gasteiger partial charge in [-0.3, -0.25) is 0 Å². The van der Waals surface area contributed by atoms with E-state index in [1.807, 2.05) is 0 Å². The number of aromatic nitrogens is 3. The molecule has 0 radical (unpaired) electrons. The highest BCUT2D eigenvalue weighted by atomic mass is 79.9. The molecule has 0 fully saturated rings. The van der Waals surface area contributed by atoms with E-state index in [9.17, 15) is 13.6 Å². The summed E-state index contributed by atoms with van der Waals surface area (Å²) in [6.45, 7) is 0.00432. The topological polar surface area (TPSA) is 76.7 Å². The largest absolute Gasteiger partial charge is 0.347 e. The summed E-state index contributed by atoms with van der Waals surface area (Å²) in [6, 6.07) is 2.83. The Bertz CT molecular complexity index is 708. The zero-order valence-electron chi connectivity index (χ0n) is 10.2. The summed E-state index contributed by atoms with van der Waals surface area (Å²) in [6.07, 6.45) is 1.65. The van der Waals surface area contributed by atoms with Crippen LogP contribution in [0.4, 0.5) is 8.78 Å². The van der Waals surface area contributed by atoms with Gasteiger partial charge in [-0.15, -0.1) is 0 Å². The van der Waals surface area contributed by atoms with Crippen LogP contribution in [0.3, 0.4) is 0 Å². The summed E-state index contributed by atoms with van der Waals surface area (Å²) in [5.74, 6) is -0.617. The molecule has 0 spiro atoms. The van der Waals surface area contributed by atoms with E-state index in [0.29, 0.717) is 21.9 Å². The quantitative estimate of drug-likeness (QED) is 0.888. The molecule has 20 heavy (non-hydrogen) atoms. The number of nitrogens with two attached hydrogens (primary N) is 1. The zero-order valence-corrected chi connectivity index (χ0v) is 11.8. The molecule has 0 atom stereocenters. The fourth-order valence-electron chi connectivity index (χ4n) is 1.83. The highest BCUT2D eigenvalue weighted by Gasteiger charge is 2.15. The van der Waals surface area contributed by atoms with E-state index < -0.39 is 11.5 Å². The summed E-state index contributed by atoms with van der Waals surface area (Å²) >= 11 is 3.17. The summed E-state index contributed by atoms with van der Waals surface area (Å²) < 4.78 is 28.3. The lowest BCUT2D eigenvalue weighted by atomic mass is 10.0. The number of benzene rings is 1. The SMILES string of the molecule is NC/C(=C/F)Cc1cc(Br)cc(F)c1-n1cn[nH]c1=O. The molecule has 0 unspecified atom stereocenters. The Labute approximate surface area is 121 Å². The van der Waals surface area contributed by atoms with Crippen molar-refractivity contribution in [3.63, 3.8) is 0 Å². The predicted molar refractivity (Wildman–Crippen MR) is 73.8 cm³/mol. The van der Waals surface area contributed by atoms with Crippen molar-refractivity contribution in [2.45, 2.75) is 6.42 Å². The molecular weight excluding hydrogens is 334 g/mol. The molecule has 0 aliphatic carbocycles. The highest BCUT2D eigenvalue weighted by molar-refractivity contribution is 9.10. The predicted octanol–water partition coefficient (Wildman–Crippen LogP) is 1.82. The molecule has 106 valence electrons. The third-order valence-electron chi connectivity index (χ3n) is 2.73. The molecule has 0 saturated heterocycles. The van der Waals surface area contributed by atoms with Crippen LogP contribution in [0.5, 0.6) is 0 Å². The van der Waals surface area contributed by atoms with Gasteiger partial charge >= 0.3 is 5.69 Å². The second-order valence-corrected chi connectivity index (χ2v) is 4.99. The van der Waals surface area contributed by atoms with Crippen LogP contribution in [0.15, 0.2) is 39.6 Å². The first-order valence-corrected chi connectivity index (χ1v) is 6.44. The normalized spacial score (nSPS) is 11.9. The number of halogens is 3. The second kappa shape index (κ2) is 6.10. The zero-order chi connectivity index (χ0) is 14.7. The molecule has 0 saturated carbocycles. The maximum Gasteiger partial charge on any atom is 0.347 e. The Hall–Kier alpha value is -1.80. The van der Waals surface area contributed by atoms with Crippen LogP contribution in [0.25, 0.3) is 5.69 Å². The van der Waals surface area contributed by atoms with Gasteiger partial charge in [-0.25, -0.2) is 23.2 Å². The van der Waals surface area contributed by atoms with Crippen LogP contribution in [-0.2, 0) is 6.42 Å². The fraction of sp³-hybridized carbons (Fsp3) is 0.167. The molecular formula is C12H11BrF2N4O. The number of aromatic amines is 1. The van der Waals surface area contributed by atoms with Gasteiger partial charge < -0.3 is 5.73 Å². The number of nitrogens with one attached hydrogen (secondary N) is 1. The third-order valence-corrected chi connectivity index (χ3v) is 3.19. The van der Waals surface area contributed by atoms with Gasteiger partial charge in [0, 0.05) is 11.0 Å². The van der Waals surface area contributed by atoms with Gasteiger partial charge in [0.1, 0.15) is 12.1 Å². The summed E-state index contributed by atoms with van der Waals surface area (Å²) in [5.41, 5.74) is 5.57. The Morgan fingerprint density at radius 1 is 1.55 bits per heavy atom. The molecule has 8 heteroatoms. The lowest BCUT2D eigenvalue weighted by Gasteiger charge is -2.12. The average Bonchev–Trinajstić information content (AvgIpc) is 2.81. The van der Waals surface area contributed by atoms with Gasteiger partial charge in [0.2, 0.25) is 0 Å². The van der Waals surface area contributed by atoms with Gasteiger partial charge in [0.25, 0.3) is 0 Å². The molecule has 1 heterocycles. The molecule has 2 rings (SSSR count). The minimum atomic E-state index is -0.617. The molecule has 0 amide bonds. The summed E-state index contributed by atoms with van der Waals surface area (Å²) in [7, 11) is 0. The van der Waals surface area contributed by atoms with Gasteiger partial charge in [-0.1, -0.05) is 15.9 Å². The Morgan fingerprint density at radius 3 is 2.85 bits per heavy atom. The van der Waals surface area contributed by atoms with Gasteiger partial charge in [-0.05, 0) is 29.7 Å². The van der Waals surface area contributed by atoms with Crippen molar-refractivity contribution in [2.75, 3.05) is 6.54 Å². The van der Waals surface area contributed by atoms with E-state index in [4.69, 9.17) is 5.73 Å². The molecule has 2 aromatic rings. The van der Waals surface area contributed by atoms with Crippen LogP contribution < -0.4 is 11.4 Å². The highest BCUT2D eigenvalue weighted by Crippen LogP contribution is 2.25. The van der Waals surface area contributed by atoms with Crippen molar-refractivity contribution in [1.29, 1.82) is 0 Å². The Kier molecular flexibility index (Phi) is 4.46. The van der Waals surface area contributed by atoms with Crippen molar-refractivity contribution in [3.8, 4) is 5.69 Å². The molecule has 5 nitrogen and oxygen atoms in total. The molecule has 0 aliphatic heterocycles. The van der Waals surface area contributed by atoms with E-state index >= 15 is 0 Å². The van der Waals surface area contributed by atoms with Gasteiger partial charge in [0.05, 0.1) is 12.0 Å². The van der Waals surface area contributed by atoms with Crippen LogP contribution in [-0.4, -0.2) is 21.3 Å². The number of H-pyrrole nitrogens is 1. The van der Waals surface area contributed by atoms with Crippen molar-refractivity contribution < 1.29 is 8.78 Å². The van der Waals surface area contributed by atoms with Crippen LogP contribution in [0, 0.1) is 5.82 Å². The van der Waals surface area contributed by atoms with Gasteiger partial charge in [-0.2, -0.15) is 5.10 Å². The second-order valence-electron chi connectivity index (χ2n) is 4.08. The van der Waals surface area contributed by atoms with Crippen molar-refractivity contribution in [3.05, 3.63) is 56.7 Å². The number of hydrogen-bond donors (Lipinski definition) is 2. The smallest absolute Gasteiger partial charge is 0.327 e. The fourth-order valence-corrected chi connectivity index (χ4v) is 2.31. The molecule has 1 aromatic carbocycles. The van der Waals surface area contributed by atoms with Gasteiger partial charge in [0.15, 0.2) is 0 Å². The maximum atomic E-state index is 14.1.